The molecule has 2 aliphatic rings. The second-order valence-corrected chi connectivity index (χ2v) is 8.70. The highest BCUT2D eigenvalue weighted by Crippen LogP contribution is 2.26. The number of hydrogen-bond donors (Lipinski definition) is 3. The van der Waals surface area contributed by atoms with Gasteiger partial charge in [-0.25, -0.2) is 14.3 Å². The maximum atomic E-state index is 10.6. The van der Waals surface area contributed by atoms with E-state index in [1.165, 1.54) is 5.69 Å². The van der Waals surface area contributed by atoms with Crippen LogP contribution in [0.3, 0.4) is 0 Å². The number of piperidine rings is 1. The first-order valence-corrected chi connectivity index (χ1v) is 11.8. The molecule has 2 saturated heterocycles. The van der Waals surface area contributed by atoms with E-state index in [0.717, 1.165) is 70.0 Å². The Hall–Kier alpha value is -3.47. The van der Waals surface area contributed by atoms with Crippen molar-refractivity contribution in [3.05, 3.63) is 35.9 Å². The topological polar surface area (TPSA) is 137 Å². The summed E-state index contributed by atoms with van der Waals surface area (Å²) in [5.74, 6) is -5.51. The number of rotatable bonds is 4. The molecule has 2 aromatic heterocycles. The number of hydrogen-bond acceptors (Lipinski definition) is 8. The van der Waals surface area contributed by atoms with Crippen LogP contribution in [-0.2, 0) is 16.1 Å². The van der Waals surface area contributed by atoms with Gasteiger partial charge in [0.25, 0.3) is 0 Å². The fourth-order valence-corrected chi connectivity index (χ4v) is 3.78. The van der Waals surface area contributed by atoms with Gasteiger partial charge in [0.15, 0.2) is 0 Å². The number of carboxylic acids is 2. The highest BCUT2D eigenvalue weighted by molar-refractivity contribution is 5.73. The Labute approximate surface area is 219 Å². The number of carbonyl (C=O) groups is 2. The number of carboxylic acid groups (broad SMARTS) is 2. The summed E-state index contributed by atoms with van der Waals surface area (Å²) >= 11 is 0. The first-order chi connectivity index (χ1) is 18.2. The molecule has 0 spiro atoms. The maximum absolute atomic E-state index is 10.6. The molecule has 2 fully saturated rings. The van der Waals surface area contributed by atoms with Gasteiger partial charge in [-0.05, 0) is 31.9 Å². The fraction of sp³-hybridized carbons (Fsp3) is 0.591. The zero-order valence-corrected chi connectivity index (χ0v) is 20.9. The fourth-order valence-electron chi connectivity index (χ4n) is 3.78. The smallest absolute Gasteiger partial charge is 0.475 e. The van der Waals surface area contributed by atoms with Crippen LogP contribution in [0, 0.1) is 6.92 Å². The van der Waals surface area contributed by atoms with Crippen molar-refractivity contribution in [2.45, 2.75) is 44.7 Å². The number of anilines is 1. The van der Waals surface area contributed by atoms with Gasteiger partial charge in [0.2, 0.25) is 0 Å². The van der Waals surface area contributed by atoms with Crippen LogP contribution in [0.15, 0.2) is 24.5 Å². The predicted octanol–water partition coefficient (Wildman–Crippen LogP) is 2.49. The molecule has 4 rings (SSSR count). The molecule has 0 bridgehead atoms. The van der Waals surface area contributed by atoms with Gasteiger partial charge in [-0.3, -0.25) is 9.88 Å². The molecule has 2 aromatic rings. The highest BCUT2D eigenvalue weighted by Gasteiger charge is 2.38. The van der Waals surface area contributed by atoms with E-state index in [4.69, 9.17) is 19.8 Å². The molecule has 0 saturated carbocycles. The van der Waals surface area contributed by atoms with Crippen molar-refractivity contribution in [2.75, 3.05) is 44.2 Å². The molecule has 0 amide bonds. The van der Waals surface area contributed by atoms with Gasteiger partial charge in [-0.2, -0.15) is 26.3 Å². The second-order valence-electron chi connectivity index (χ2n) is 8.70. The Morgan fingerprint density at radius 1 is 1.00 bits per heavy atom. The third-order valence-electron chi connectivity index (χ3n) is 5.72. The van der Waals surface area contributed by atoms with Crippen molar-refractivity contribution >= 4 is 17.6 Å². The van der Waals surface area contributed by atoms with Crippen molar-refractivity contribution in [2.24, 2.45) is 0 Å². The number of aliphatic carboxylic acids is 2. The predicted molar refractivity (Wildman–Crippen MR) is 125 cm³/mol. The first kappa shape index (κ1) is 31.7. The van der Waals surface area contributed by atoms with Crippen LogP contribution in [0.1, 0.15) is 30.3 Å². The van der Waals surface area contributed by atoms with E-state index < -0.39 is 24.3 Å². The van der Waals surface area contributed by atoms with Crippen molar-refractivity contribution < 1.29 is 46.1 Å². The van der Waals surface area contributed by atoms with Gasteiger partial charge in [0, 0.05) is 63.4 Å². The molecular weight excluding hydrogens is 540 g/mol. The third kappa shape index (κ3) is 11.0. The molecule has 39 heavy (non-hydrogen) atoms. The Morgan fingerprint density at radius 3 is 2.03 bits per heavy atom. The number of piperazine rings is 1. The lowest BCUT2D eigenvalue weighted by molar-refractivity contribution is -0.193. The van der Waals surface area contributed by atoms with Gasteiger partial charge < -0.3 is 20.4 Å². The van der Waals surface area contributed by atoms with E-state index in [0.29, 0.717) is 6.04 Å². The zero-order chi connectivity index (χ0) is 29.2. The highest BCUT2D eigenvalue weighted by atomic mass is 19.4. The summed E-state index contributed by atoms with van der Waals surface area (Å²) in [5, 5.41) is 26.5. The third-order valence-corrected chi connectivity index (χ3v) is 5.72. The molecule has 0 aromatic carbocycles. The van der Waals surface area contributed by atoms with Crippen molar-refractivity contribution in [3.8, 4) is 0 Å². The van der Waals surface area contributed by atoms with Crippen molar-refractivity contribution in [3.63, 3.8) is 0 Å². The van der Waals surface area contributed by atoms with E-state index in [2.05, 4.69) is 53.4 Å². The van der Waals surface area contributed by atoms with E-state index in [-0.39, 0.29) is 0 Å². The molecule has 218 valence electrons. The summed E-state index contributed by atoms with van der Waals surface area (Å²) in [6.07, 6.45) is -3.90. The number of alkyl halides is 6. The average molecular weight is 570 g/mol. The van der Waals surface area contributed by atoms with Gasteiger partial charge >= 0.3 is 24.3 Å². The Bertz CT molecular complexity index is 1040. The summed E-state index contributed by atoms with van der Waals surface area (Å²) in [5.41, 5.74) is 3.45. The van der Waals surface area contributed by atoms with Crippen LogP contribution in [0.2, 0.25) is 0 Å². The quantitative estimate of drug-likeness (QED) is 0.471. The van der Waals surface area contributed by atoms with Crippen LogP contribution >= 0.6 is 0 Å². The molecule has 2 aliphatic heterocycles. The number of halogens is 6. The molecule has 17 heteroatoms. The molecule has 0 unspecified atom stereocenters. The molecule has 3 N–H and O–H groups in total. The standard InChI is InChI=1S/C18H27N7.2C2HF3O2/c1-15-12-18(2-5-20-15)24-8-3-17(4-9-24)25-14-16(21-22-25)13-23-10-6-19-7-11-23;2*3-2(4,5)1(6)7/h2,5,12,14,17,19H,3-4,6-11,13H2,1H3;2*(H,6,7). The Kier molecular flexibility index (Phi) is 11.5. The van der Waals surface area contributed by atoms with Crippen LogP contribution in [-0.4, -0.2) is 98.7 Å². The number of pyridine rings is 1. The van der Waals surface area contributed by atoms with Gasteiger partial charge in [-0.1, -0.05) is 5.21 Å². The van der Waals surface area contributed by atoms with Crippen molar-refractivity contribution in [1.29, 1.82) is 0 Å². The van der Waals surface area contributed by atoms with Crippen LogP contribution < -0.4 is 10.2 Å². The number of aryl methyl sites for hydroxylation is 1. The lowest BCUT2D eigenvalue weighted by atomic mass is 10.0. The van der Waals surface area contributed by atoms with Crippen LogP contribution in [0.5, 0.6) is 0 Å². The van der Waals surface area contributed by atoms with Crippen molar-refractivity contribution in [1.82, 2.24) is 30.2 Å². The molecule has 0 atom stereocenters. The molecule has 11 nitrogen and oxygen atoms in total. The minimum atomic E-state index is -5.08. The molecular formula is C22H29F6N7O4. The normalized spacial score (nSPS) is 16.9. The monoisotopic (exact) mass is 569 g/mol. The summed E-state index contributed by atoms with van der Waals surface area (Å²) < 4.78 is 65.6. The van der Waals surface area contributed by atoms with Crippen LogP contribution in [0.25, 0.3) is 0 Å². The molecule has 0 aliphatic carbocycles. The van der Waals surface area contributed by atoms with Gasteiger partial charge in [0.1, 0.15) is 0 Å². The average Bonchev–Trinajstić information content (AvgIpc) is 3.33. The number of nitrogens with zero attached hydrogens (tertiary/aromatic N) is 6. The van der Waals surface area contributed by atoms with E-state index in [9.17, 15) is 26.3 Å². The van der Waals surface area contributed by atoms with Crippen LogP contribution in [0.4, 0.5) is 32.0 Å². The first-order valence-electron chi connectivity index (χ1n) is 11.8. The largest absolute Gasteiger partial charge is 0.490 e. The lowest BCUT2D eigenvalue weighted by Gasteiger charge is -2.33. The van der Waals surface area contributed by atoms with E-state index in [1.54, 1.807) is 0 Å². The second kappa shape index (κ2) is 14.1. The summed E-state index contributed by atoms with van der Waals surface area (Å²) in [7, 11) is 0. The van der Waals surface area contributed by atoms with Gasteiger partial charge in [0.05, 0.1) is 17.9 Å². The summed E-state index contributed by atoms with van der Waals surface area (Å²) in [6.45, 7) is 9.40. The summed E-state index contributed by atoms with van der Waals surface area (Å²) in [4.78, 5) is 27.0. The zero-order valence-electron chi connectivity index (χ0n) is 20.9. The van der Waals surface area contributed by atoms with E-state index in [1.807, 2.05) is 13.1 Å². The van der Waals surface area contributed by atoms with E-state index >= 15 is 0 Å². The minimum absolute atomic E-state index is 0.462. The lowest BCUT2D eigenvalue weighted by Crippen LogP contribution is -2.42. The summed E-state index contributed by atoms with van der Waals surface area (Å²) in [6, 6.07) is 4.74. The number of aromatic nitrogens is 4. The molecule has 0 radical (unpaired) electrons. The maximum Gasteiger partial charge on any atom is 0.490 e. The minimum Gasteiger partial charge on any atom is -0.475 e. The Morgan fingerprint density at radius 2 is 1.54 bits per heavy atom. The van der Waals surface area contributed by atoms with Gasteiger partial charge in [-0.15, -0.1) is 5.10 Å². The SMILES string of the molecule is Cc1cc(N2CCC(n3cc(CN4CCNCC4)nn3)CC2)ccn1.O=C(O)C(F)(F)F.O=C(O)C(F)(F)F. The number of nitrogens with one attached hydrogen (secondary N) is 1. The molecule has 4 heterocycles. The Balaban J connectivity index is 0.000000317.